The Hall–Kier alpha value is -2.00. The van der Waals surface area contributed by atoms with Gasteiger partial charge in [-0.25, -0.2) is 12.8 Å². The number of ether oxygens (including phenoxy) is 1. The Labute approximate surface area is 169 Å². The molecule has 7 nitrogen and oxygen atoms in total. The van der Waals surface area contributed by atoms with Crippen LogP contribution in [-0.2, 0) is 24.2 Å². The molecule has 1 aromatic carbocycles. The lowest BCUT2D eigenvalue weighted by Gasteiger charge is -2.37. The van der Waals surface area contributed by atoms with Crippen LogP contribution in [0.15, 0.2) is 29.4 Å². The number of hydrogen-bond acceptors (Lipinski definition) is 6. The predicted molar refractivity (Wildman–Crippen MR) is 105 cm³/mol. The molecule has 1 amide bonds. The molecule has 1 aromatic rings. The number of benzene rings is 1. The lowest BCUT2D eigenvalue weighted by Crippen LogP contribution is -2.50. The SMILES string of the molecule is O=C(NC1CCS(=O)(=O)C1)C1(CC2CC(c3ccc(F)cc3)=NO2)CCOCC1. The molecule has 4 rings (SSSR count). The quantitative estimate of drug-likeness (QED) is 0.778. The summed E-state index contributed by atoms with van der Waals surface area (Å²) >= 11 is 0. The molecule has 0 spiro atoms. The average Bonchev–Trinajstić information content (AvgIpc) is 3.29. The highest BCUT2D eigenvalue weighted by Gasteiger charge is 2.45. The third-order valence-corrected chi connectivity index (χ3v) is 7.80. The van der Waals surface area contributed by atoms with Gasteiger partial charge in [-0.05, 0) is 37.0 Å². The van der Waals surface area contributed by atoms with Crippen molar-refractivity contribution < 1.29 is 27.2 Å². The number of amides is 1. The fourth-order valence-corrected chi connectivity index (χ4v) is 5.99. The minimum absolute atomic E-state index is 0.00305. The third kappa shape index (κ3) is 4.61. The highest BCUT2D eigenvalue weighted by atomic mass is 32.2. The van der Waals surface area contributed by atoms with E-state index in [2.05, 4.69) is 10.5 Å². The second-order valence-electron chi connectivity index (χ2n) is 8.15. The molecular formula is C20H25FN2O5S. The number of sulfone groups is 1. The zero-order chi connectivity index (χ0) is 20.5. The summed E-state index contributed by atoms with van der Waals surface area (Å²) in [7, 11) is -3.06. The van der Waals surface area contributed by atoms with Crippen LogP contribution in [0.25, 0.3) is 0 Å². The van der Waals surface area contributed by atoms with E-state index in [-0.39, 0.29) is 35.4 Å². The van der Waals surface area contributed by atoms with E-state index < -0.39 is 15.3 Å². The maximum atomic E-state index is 13.2. The summed E-state index contributed by atoms with van der Waals surface area (Å²) in [6.07, 6.45) is 2.34. The normalized spacial score (nSPS) is 27.8. The van der Waals surface area contributed by atoms with Gasteiger partial charge in [-0.2, -0.15) is 0 Å². The highest BCUT2D eigenvalue weighted by Crippen LogP contribution is 2.39. The standard InChI is InChI=1S/C20H25FN2O5S/c21-15-3-1-14(2-4-15)18-11-17(28-23-18)12-20(6-8-27-9-7-20)19(24)22-16-5-10-29(25,26)13-16/h1-4,16-17H,5-13H2,(H,22,24). The molecule has 0 saturated carbocycles. The molecule has 2 unspecified atom stereocenters. The van der Waals surface area contributed by atoms with Gasteiger partial charge in [-0.3, -0.25) is 4.79 Å². The van der Waals surface area contributed by atoms with Crippen LogP contribution in [0.5, 0.6) is 0 Å². The van der Waals surface area contributed by atoms with Crippen LogP contribution in [0.3, 0.4) is 0 Å². The first-order valence-electron chi connectivity index (χ1n) is 9.93. The second kappa shape index (κ2) is 8.02. The molecule has 1 N–H and O–H groups in total. The third-order valence-electron chi connectivity index (χ3n) is 6.03. The van der Waals surface area contributed by atoms with Crippen molar-refractivity contribution in [3.8, 4) is 0 Å². The van der Waals surface area contributed by atoms with Crippen LogP contribution in [0, 0.1) is 11.2 Å². The van der Waals surface area contributed by atoms with E-state index in [4.69, 9.17) is 9.57 Å². The van der Waals surface area contributed by atoms with Crippen molar-refractivity contribution in [3.63, 3.8) is 0 Å². The molecule has 0 bridgehead atoms. The number of carbonyl (C=O) groups excluding carboxylic acids is 1. The molecule has 158 valence electrons. The highest BCUT2D eigenvalue weighted by molar-refractivity contribution is 7.91. The topological polar surface area (TPSA) is 94.1 Å². The average molecular weight is 424 g/mol. The first-order valence-corrected chi connectivity index (χ1v) is 11.8. The van der Waals surface area contributed by atoms with Gasteiger partial charge in [0.05, 0.1) is 22.6 Å². The molecule has 3 heterocycles. The van der Waals surface area contributed by atoms with Gasteiger partial charge in [0.15, 0.2) is 9.84 Å². The monoisotopic (exact) mass is 424 g/mol. The summed E-state index contributed by atoms with van der Waals surface area (Å²) < 4.78 is 42.1. The van der Waals surface area contributed by atoms with Crippen LogP contribution in [-0.4, -0.2) is 56.9 Å². The lowest BCUT2D eigenvalue weighted by molar-refractivity contribution is -0.140. The van der Waals surface area contributed by atoms with Crippen LogP contribution in [0.4, 0.5) is 4.39 Å². The number of nitrogens with one attached hydrogen (secondary N) is 1. The van der Waals surface area contributed by atoms with Crippen LogP contribution < -0.4 is 5.32 Å². The maximum absolute atomic E-state index is 13.2. The summed E-state index contributed by atoms with van der Waals surface area (Å²) in [6.45, 7) is 0.962. The molecule has 3 aliphatic rings. The van der Waals surface area contributed by atoms with Gasteiger partial charge < -0.3 is 14.9 Å². The summed E-state index contributed by atoms with van der Waals surface area (Å²) in [6, 6.07) is 5.76. The number of nitrogens with zero attached hydrogens (tertiary/aromatic N) is 1. The molecule has 2 saturated heterocycles. The van der Waals surface area contributed by atoms with Crippen LogP contribution in [0.1, 0.15) is 37.7 Å². The van der Waals surface area contributed by atoms with E-state index in [0.717, 1.165) is 11.3 Å². The van der Waals surface area contributed by atoms with Crippen molar-refractivity contribution in [2.75, 3.05) is 24.7 Å². The van der Waals surface area contributed by atoms with E-state index in [0.29, 0.717) is 45.3 Å². The Bertz CT molecular complexity index is 894. The fourth-order valence-electron chi connectivity index (χ4n) is 4.32. The summed E-state index contributed by atoms with van der Waals surface area (Å²) in [5.74, 6) is -0.309. The molecule has 0 radical (unpaired) electrons. The van der Waals surface area contributed by atoms with E-state index in [1.165, 1.54) is 12.1 Å². The first kappa shape index (κ1) is 20.3. The van der Waals surface area contributed by atoms with Crippen molar-refractivity contribution in [1.29, 1.82) is 0 Å². The van der Waals surface area contributed by atoms with Crippen molar-refractivity contribution in [1.82, 2.24) is 5.32 Å². The smallest absolute Gasteiger partial charge is 0.226 e. The number of hydrogen-bond donors (Lipinski definition) is 1. The number of halogens is 1. The van der Waals surface area contributed by atoms with Crippen molar-refractivity contribution in [3.05, 3.63) is 35.6 Å². The minimum atomic E-state index is -3.06. The molecule has 0 aromatic heterocycles. The van der Waals surface area contributed by atoms with Crippen LogP contribution in [0.2, 0.25) is 0 Å². The molecule has 9 heteroatoms. The zero-order valence-corrected chi connectivity index (χ0v) is 16.9. The summed E-state index contributed by atoms with van der Waals surface area (Å²) in [4.78, 5) is 18.8. The Morgan fingerprint density at radius 1 is 1.24 bits per heavy atom. The van der Waals surface area contributed by atoms with Gasteiger partial charge in [0, 0.05) is 32.1 Å². The Morgan fingerprint density at radius 2 is 1.97 bits per heavy atom. The predicted octanol–water partition coefficient (Wildman–Crippen LogP) is 1.81. The Balaban J connectivity index is 1.42. The van der Waals surface area contributed by atoms with Gasteiger partial charge in [0.25, 0.3) is 0 Å². The molecule has 3 aliphatic heterocycles. The number of oxime groups is 1. The van der Waals surface area contributed by atoms with Crippen molar-refractivity contribution in [2.45, 2.75) is 44.2 Å². The van der Waals surface area contributed by atoms with Gasteiger partial charge in [0.2, 0.25) is 5.91 Å². The van der Waals surface area contributed by atoms with Gasteiger partial charge >= 0.3 is 0 Å². The molecule has 2 fully saturated rings. The van der Waals surface area contributed by atoms with E-state index >= 15 is 0 Å². The van der Waals surface area contributed by atoms with E-state index in [9.17, 15) is 17.6 Å². The number of rotatable bonds is 5. The van der Waals surface area contributed by atoms with Crippen molar-refractivity contribution in [2.24, 2.45) is 10.6 Å². The fraction of sp³-hybridized carbons (Fsp3) is 0.600. The van der Waals surface area contributed by atoms with E-state index in [1.807, 2.05) is 0 Å². The summed E-state index contributed by atoms with van der Waals surface area (Å²) in [5.41, 5.74) is 0.873. The van der Waals surface area contributed by atoms with E-state index in [1.54, 1.807) is 12.1 Å². The Kier molecular flexibility index (Phi) is 5.61. The minimum Gasteiger partial charge on any atom is -0.392 e. The first-order chi connectivity index (χ1) is 13.9. The van der Waals surface area contributed by atoms with Gasteiger partial charge in [-0.1, -0.05) is 17.3 Å². The molecular weight excluding hydrogens is 399 g/mol. The maximum Gasteiger partial charge on any atom is 0.226 e. The molecule has 29 heavy (non-hydrogen) atoms. The number of carbonyl (C=O) groups is 1. The lowest BCUT2D eigenvalue weighted by atomic mass is 9.74. The summed E-state index contributed by atoms with van der Waals surface area (Å²) in [5, 5.41) is 7.11. The largest absolute Gasteiger partial charge is 0.392 e. The van der Waals surface area contributed by atoms with Crippen molar-refractivity contribution >= 4 is 21.5 Å². The van der Waals surface area contributed by atoms with Gasteiger partial charge in [-0.15, -0.1) is 0 Å². The zero-order valence-electron chi connectivity index (χ0n) is 16.1. The second-order valence-corrected chi connectivity index (χ2v) is 10.4. The molecule has 0 aliphatic carbocycles. The Morgan fingerprint density at radius 3 is 2.62 bits per heavy atom. The van der Waals surface area contributed by atoms with Crippen LogP contribution >= 0.6 is 0 Å². The molecule has 2 atom stereocenters. The van der Waals surface area contributed by atoms with Gasteiger partial charge in [0.1, 0.15) is 11.9 Å².